The highest BCUT2D eigenvalue weighted by Gasteiger charge is 2.23. The van der Waals surface area contributed by atoms with Gasteiger partial charge < -0.3 is 21.3 Å². The van der Waals surface area contributed by atoms with Gasteiger partial charge in [0.25, 0.3) is 11.6 Å². The third kappa shape index (κ3) is 4.74. The van der Waals surface area contributed by atoms with E-state index < -0.39 is 10.8 Å². The first-order valence-electron chi connectivity index (χ1n) is 8.95. The number of thiocarbonyl (C=S) groups is 1. The van der Waals surface area contributed by atoms with Gasteiger partial charge in [0.15, 0.2) is 5.11 Å². The molecule has 1 fully saturated rings. The predicted molar refractivity (Wildman–Crippen MR) is 114 cm³/mol. The number of nitrogens with two attached hydrogens (primary N) is 1. The molecule has 0 aliphatic carbocycles. The van der Waals surface area contributed by atoms with Crippen LogP contribution in [0.25, 0.3) is 0 Å². The number of amides is 1. The number of nitrogens with zero attached hydrogens (tertiary/aromatic N) is 2. The molecule has 3 rings (SSSR count). The van der Waals surface area contributed by atoms with Crippen LogP contribution in [0, 0.1) is 10.1 Å². The average Bonchev–Trinajstić information content (AvgIpc) is 2.69. The van der Waals surface area contributed by atoms with E-state index in [1.165, 1.54) is 6.07 Å². The second kappa shape index (κ2) is 8.66. The lowest BCUT2D eigenvalue weighted by molar-refractivity contribution is -0.384. The zero-order chi connectivity index (χ0) is 20.1. The van der Waals surface area contributed by atoms with Crippen LogP contribution in [-0.4, -0.2) is 29.0 Å². The van der Waals surface area contributed by atoms with Gasteiger partial charge in [-0.15, -0.1) is 0 Å². The largest absolute Gasteiger partial charge is 0.376 e. The van der Waals surface area contributed by atoms with E-state index in [9.17, 15) is 14.9 Å². The third-order valence-electron chi connectivity index (χ3n) is 4.54. The van der Waals surface area contributed by atoms with Crippen LogP contribution < -0.4 is 21.3 Å². The van der Waals surface area contributed by atoms with Crippen molar-refractivity contribution in [3.05, 3.63) is 58.1 Å². The number of hydrogen-bond donors (Lipinski definition) is 3. The number of piperidine rings is 1. The summed E-state index contributed by atoms with van der Waals surface area (Å²) in [5, 5.41) is 17.2. The van der Waals surface area contributed by atoms with E-state index in [0.29, 0.717) is 17.1 Å². The summed E-state index contributed by atoms with van der Waals surface area (Å²) in [5.41, 5.74) is 7.42. The van der Waals surface area contributed by atoms with Gasteiger partial charge in [0.2, 0.25) is 0 Å². The molecule has 1 saturated heterocycles. The molecule has 0 atom stereocenters. The van der Waals surface area contributed by atoms with Gasteiger partial charge in [-0.25, -0.2) is 0 Å². The molecule has 1 heterocycles. The van der Waals surface area contributed by atoms with Crippen molar-refractivity contribution in [3.63, 3.8) is 0 Å². The Balaban J connectivity index is 1.77. The number of anilines is 3. The maximum atomic E-state index is 12.5. The zero-order valence-corrected chi connectivity index (χ0v) is 16.0. The number of carbonyl (C=O) groups is 1. The van der Waals surface area contributed by atoms with Crippen molar-refractivity contribution in [1.82, 2.24) is 0 Å². The summed E-state index contributed by atoms with van der Waals surface area (Å²) in [4.78, 5) is 25.7. The number of nitro groups is 1. The Morgan fingerprint density at radius 3 is 2.21 bits per heavy atom. The summed E-state index contributed by atoms with van der Waals surface area (Å²) >= 11 is 4.77. The lowest BCUT2D eigenvalue weighted by atomic mass is 10.1. The standard InChI is InChI=1S/C19H21N5O3S/c20-19(28)22-15-7-5-14(6-8-15)21-18(25)13-4-9-16(17(12-13)24(26)27)23-10-2-1-3-11-23/h4-9,12H,1-3,10-11H2,(H,21,25)(H3,20,22,28). The minimum absolute atomic E-state index is 0.0504. The average molecular weight is 399 g/mol. The van der Waals surface area contributed by atoms with Gasteiger partial charge in [0, 0.05) is 36.1 Å². The van der Waals surface area contributed by atoms with Gasteiger partial charge in [-0.2, -0.15) is 0 Å². The van der Waals surface area contributed by atoms with Crippen molar-refractivity contribution in [2.75, 3.05) is 28.6 Å². The summed E-state index contributed by atoms with van der Waals surface area (Å²) in [5.74, 6) is -0.414. The maximum absolute atomic E-state index is 12.5. The van der Waals surface area contributed by atoms with E-state index in [0.717, 1.165) is 32.4 Å². The summed E-state index contributed by atoms with van der Waals surface area (Å²) in [6, 6.07) is 11.4. The SMILES string of the molecule is NC(=S)Nc1ccc(NC(=O)c2ccc(N3CCCCC3)c([N+](=O)[O-])c2)cc1. The highest BCUT2D eigenvalue weighted by Crippen LogP contribution is 2.31. The molecule has 0 saturated carbocycles. The molecule has 0 spiro atoms. The molecule has 28 heavy (non-hydrogen) atoms. The van der Waals surface area contributed by atoms with E-state index in [-0.39, 0.29) is 16.4 Å². The van der Waals surface area contributed by atoms with E-state index >= 15 is 0 Å². The summed E-state index contributed by atoms with van der Waals surface area (Å²) in [6.07, 6.45) is 3.16. The fourth-order valence-electron chi connectivity index (χ4n) is 3.20. The monoisotopic (exact) mass is 399 g/mol. The van der Waals surface area contributed by atoms with Crippen molar-refractivity contribution in [2.45, 2.75) is 19.3 Å². The summed E-state index contributed by atoms with van der Waals surface area (Å²) < 4.78 is 0. The summed E-state index contributed by atoms with van der Waals surface area (Å²) in [6.45, 7) is 1.58. The van der Waals surface area contributed by atoms with Crippen LogP contribution in [0.5, 0.6) is 0 Å². The molecule has 146 valence electrons. The van der Waals surface area contributed by atoms with Gasteiger partial charge in [-0.3, -0.25) is 14.9 Å². The Labute approximate surface area is 167 Å². The number of nitrogens with one attached hydrogen (secondary N) is 2. The summed E-state index contributed by atoms with van der Waals surface area (Å²) in [7, 11) is 0. The van der Waals surface area contributed by atoms with Crippen LogP contribution in [-0.2, 0) is 0 Å². The minimum Gasteiger partial charge on any atom is -0.376 e. The predicted octanol–water partition coefficient (Wildman–Crippen LogP) is 3.49. The highest BCUT2D eigenvalue weighted by atomic mass is 32.1. The fraction of sp³-hybridized carbons (Fsp3) is 0.263. The molecule has 4 N–H and O–H groups in total. The third-order valence-corrected chi connectivity index (χ3v) is 4.64. The minimum atomic E-state index is -0.434. The van der Waals surface area contributed by atoms with Gasteiger partial charge in [0.1, 0.15) is 5.69 Å². The first-order chi connectivity index (χ1) is 13.4. The molecule has 2 aromatic rings. The van der Waals surface area contributed by atoms with Crippen molar-refractivity contribution in [3.8, 4) is 0 Å². The Morgan fingerprint density at radius 2 is 1.64 bits per heavy atom. The number of hydrogen-bond acceptors (Lipinski definition) is 5. The number of benzene rings is 2. The molecule has 0 radical (unpaired) electrons. The molecule has 1 aliphatic rings. The topological polar surface area (TPSA) is 114 Å². The van der Waals surface area contributed by atoms with Crippen molar-refractivity contribution >= 4 is 46.0 Å². The quantitative estimate of drug-likeness (QED) is 0.401. The second-order valence-corrected chi connectivity index (χ2v) is 6.97. The number of rotatable bonds is 5. The molecule has 1 amide bonds. The molecule has 9 heteroatoms. The van der Waals surface area contributed by atoms with Crippen LogP contribution in [0.3, 0.4) is 0 Å². The van der Waals surface area contributed by atoms with Crippen LogP contribution in [0.2, 0.25) is 0 Å². The van der Waals surface area contributed by atoms with Gasteiger partial charge >= 0.3 is 0 Å². The van der Waals surface area contributed by atoms with Gasteiger partial charge in [-0.05, 0) is 67.9 Å². The van der Waals surface area contributed by atoms with E-state index in [1.54, 1.807) is 36.4 Å². The van der Waals surface area contributed by atoms with Crippen molar-refractivity contribution in [2.24, 2.45) is 5.73 Å². The van der Waals surface area contributed by atoms with E-state index in [2.05, 4.69) is 10.6 Å². The Bertz CT molecular complexity index is 895. The Kier molecular flexibility index (Phi) is 6.05. The van der Waals surface area contributed by atoms with Gasteiger partial charge in [0.05, 0.1) is 4.92 Å². The Morgan fingerprint density at radius 1 is 1.04 bits per heavy atom. The molecular formula is C19H21N5O3S. The fourth-order valence-corrected chi connectivity index (χ4v) is 3.31. The lowest BCUT2D eigenvalue weighted by Gasteiger charge is -2.28. The normalized spacial score (nSPS) is 13.6. The second-order valence-electron chi connectivity index (χ2n) is 6.53. The molecule has 0 aromatic heterocycles. The Hall–Kier alpha value is -3.20. The molecule has 0 unspecified atom stereocenters. The first kappa shape index (κ1) is 19.6. The molecule has 0 bridgehead atoms. The zero-order valence-electron chi connectivity index (χ0n) is 15.2. The highest BCUT2D eigenvalue weighted by molar-refractivity contribution is 7.80. The van der Waals surface area contributed by atoms with Crippen LogP contribution in [0.1, 0.15) is 29.6 Å². The molecule has 1 aliphatic heterocycles. The molecular weight excluding hydrogens is 378 g/mol. The molecule has 8 nitrogen and oxygen atoms in total. The lowest BCUT2D eigenvalue weighted by Crippen LogP contribution is -2.30. The first-order valence-corrected chi connectivity index (χ1v) is 9.36. The molecule has 2 aromatic carbocycles. The number of carbonyl (C=O) groups excluding carboxylic acids is 1. The van der Waals surface area contributed by atoms with E-state index in [1.807, 2.05) is 4.90 Å². The van der Waals surface area contributed by atoms with Gasteiger partial charge in [-0.1, -0.05) is 0 Å². The van der Waals surface area contributed by atoms with E-state index in [4.69, 9.17) is 18.0 Å². The van der Waals surface area contributed by atoms with Crippen molar-refractivity contribution in [1.29, 1.82) is 0 Å². The van der Waals surface area contributed by atoms with Crippen LogP contribution in [0.4, 0.5) is 22.7 Å². The van der Waals surface area contributed by atoms with Crippen LogP contribution >= 0.6 is 12.2 Å². The maximum Gasteiger partial charge on any atom is 0.293 e. The van der Waals surface area contributed by atoms with Crippen molar-refractivity contribution < 1.29 is 9.72 Å². The number of nitro benzene ring substituents is 1. The smallest absolute Gasteiger partial charge is 0.293 e. The van der Waals surface area contributed by atoms with Crippen LogP contribution in [0.15, 0.2) is 42.5 Å².